The van der Waals surface area contributed by atoms with Crippen LogP contribution in [0.1, 0.15) is 20.3 Å². The summed E-state index contributed by atoms with van der Waals surface area (Å²) in [6.45, 7) is 4.05. The number of nitrogens with one attached hydrogen (secondary N) is 2. The average molecular weight is 354 g/mol. The second kappa shape index (κ2) is 7.91. The summed E-state index contributed by atoms with van der Waals surface area (Å²) in [7, 11) is 0. The molecule has 0 saturated heterocycles. The highest BCUT2D eigenvalue weighted by atomic mass is 16.5. The van der Waals surface area contributed by atoms with Crippen molar-refractivity contribution in [3.05, 3.63) is 42.5 Å². The molecule has 2 amide bonds. The van der Waals surface area contributed by atoms with Crippen LogP contribution in [0.5, 0.6) is 5.75 Å². The molecule has 1 atom stereocenters. The summed E-state index contributed by atoms with van der Waals surface area (Å²) in [5, 5.41) is 7.30. The maximum Gasteiger partial charge on any atom is 0.258 e. The van der Waals surface area contributed by atoms with Crippen LogP contribution >= 0.6 is 0 Å². The van der Waals surface area contributed by atoms with E-state index in [-0.39, 0.29) is 18.4 Å². The van der Waals surface area contributed by atoms with Crippen LogP contribution in [0.15, 0.2) is 46.9 Å². The lowest BCUT2D eigenvalue weighted by Gasteiger charge is -2.14. The fourth-order valence-corrected chi connectivity index (χ4v) is 2.69. The molecule has 6 heteroatoms. The van der Waals surface area contributed by atoms with Crippen LogP contribution in [0.4, 0.5) is 0 Å². The number of fused-ring (bicyclic) bond motifs is 3. The van der Waals surface area contributed by atoms with Gasteiger partial charge in [0.15, 0.2) is 6.61 Å². The van der Waals surface area contributed by atoms with Crippen LogP contribution in [-0.2, 0) is 9.59 Å². The first-order chi connectivity index (χ1) is 12.6. The molecule has 0 aliphatic heterocycles. The first kappa shape index (κ1) is 17.8. The fourth-order valence-electron chi connectivity index (χ4n) is 2.69. The van der Waals surface area contributed by atoms with Crippen molar-refractivity contribution in [2.75, 3.05) is 13.2 Å². The third-order valence-electron chi connectivity index (χ3n) is 4.04. The number of benzene rings is 2. The Bertz CT molecular complexity index is 932. The summed E-state index contributed by atoms with van der Waals surface area (Å²) in [5.74, 6) is 0.0232. The third kappa shape index (κ3) is 3.96. The minimum absolute atomic E-state index is 0.160. The van der Waals surface area contributed by atoms with Gasteiger partial charge in [0.25, 0.3) is 5.91 Å². The lowest BCUT2D eigenvalue weighted by Crippen LogP contribution is -2.46. The molecule has 0 aliphatic carbocycles. The molecule has 0 bridgehead atoms. The van der Waals surface area contributed by atoms with Crippen molar-refractivity contribution in [1.82, 2.24) is 10.6 Å². The monoisotopic (exact) mass is 354 g/mol. The zero-order valence-corrected chi connectivity index (χ0v) is 14.9. The summed E-state index contributed by atoms with van der Waals surface area (Å²) in [5.41, 5.74) is 1.58. The van der Waals surface area contributed by atoms with E-state index in [1.54, 1.807) is 13.0 Å². The molecule has 0 aliphatic rings. The van der Waals surface area contributed by atoms with Crippen molar-refractivity contribution in [3.63, 3.8) is 0 Å². The molecule has 2 N–H and O–H groups in total. The van der Waals surface area contributed by atoms with Gasteiger partial charge in [0.2, 0.25) is 5.91 Å². The van der Waals surface area contributed by atoms with Crippen LogP contribution in [0.3, 0.4) is 0 Å². The summed E-state index contributed by atoms with van der Waals surface area (Å²) < 4.78 is 11.3. The van der Waals surface area contributed by atoms with E-state index in [0.717, 1.165) is 28.4 Å². The predicted molar refractivity (Wildman–Crippen MR) is 100 cm³/mol. The Labute approximate surface area is 151 Å². The SMILES string of the molecule is CCCNC(=O)[C@H](C)NC(=O)COc1ccc2oc3ccccc3c2c1. The van der Waals surface area contributed by atoms with Gasteiger partial charge >= 0.3 is 0 Å². The number of hydrogen-bond donors (Lipinski definition) is 2. The van der Waals surface area contributed by atoms with Gasteiger partial charge in [0.1, 0.15) is 23.0 Å². The van der Waals surface area contributed by atoms with Gasteiger partial charge in [-0.1, -0.05) is 25.1 Å². The maximum absolute atomic E-state index is 12.0. The summed E-state index contributed by atoms with van der Waals surface area (Å²) in [4.78, 5) is 23.8. The number of carbonyl (C=O) groups excluding carboxylic acids is 2. The first-order valence-corrected chi connectivity index (χ1v) is 8.69. The molecular formula is C20H22N2O4. The molecule has 1 aromatic heterocycles. The lowest BCUT2D eigenvalue weighted by atomic mass is 10.1. The molecule has 136 valence electrons. The largest absolute Gasteiger partial charge is 0.484 e. The van der Waals surface area contributed by atoms with Crippen molar-refractivity contribution >= 4 is 33.8 Å². The Morgan fingerprint density at radius 2 is 1.88 bits per heavy atom. The normalized spacial score (nSPS) is 12.1. The highest BCUT2D eigenvalue weighted by Gasteiger charge is 2.15. The summed E-state index contributed by atoms with van der Waals surface area (Å²) >= 11 is 0. The Morgan fingerprint density at radius 1 is 1.12 bits per heavy atom. The van der Waals surface area contributed by atoms with E-state index in [0.29, 0.717) is 12.3 Å². The Balaban J connectivity index is 1.61. The number of ether oxygens (including phenoxy) is 1. The van der Waals surface area contributed by atoms with Gasteiger partial charge in [-0.2, -0.15) is 0 Å². The van der Waals surface area contributed by atoms with Crippen molar-refractivity contribution < 1.29 is 18.7 Å². The molecule has 26 heavy (non-hydrogen) atoms. The molecule has 2 aromatic carbocycles. The van der Waals surface area contributed by atoms with Gasteiger partial charge < -0.3 is 19.8 Å². The summed E-state index contributed by atoms with van der Waals surface area (Å²) in [6, 6.07) is 12.6. The molecule has 0 unspecified atom stereocenters. The number of rotatable bonds is 7. The smallest absolute Gasteiger partial charge is 0.258 e. The van der Waals surface area contributed by atoms with Crippen molar-refractivity contribution in [2.24, 2.45) is 0 Å². The van der Waals surface area contributed by atoms with Crippen LogP contribution < -0.4 is 15.4 Å². The van der Waals surface area contributed by atoms with Gasteiger partial charge in [-0.25, -0.2) is 0 Å². The van der Waals surface area contributed by atoms with E-state index in [2.05, 4.69) is 10.6 Å². The number of carbonyl (C=O) groups is 2. The number of hydrogen-bond acceptors (Lipinski definition) is 4. The fraction of sp³-hybridized carbons (Fsp3) is 0.300. The molecular weight excluding hydrogens is 332 g/mol. The second-order valence-electron chi connectivity index (χ2n) is 6.13. The number of para-hydroxylation sites is 1. The van der Waals surface area contributed by atoms with E-state index in [1.807, 2.05) is 43.3 Å². The maximum atomic E-state index is 12.0. The Hall–Kier alpha value is -3.02. The van der Waals surface area contributed by atoms with E-state index >= 15 is 0 Å². The molecule has 6 nitrogen and oxygen atoms in total. The standard InChI is InChI=1S/C20H22N2O4/c1-3-10-21-20(24)13(2)22-19(23)12-25-14-8-9-18-16(11-14)15-6-4-5-7-17(15)26-18/h4-9,11,13H,3,10,12H2,1-2H3,(H,21,24)(H,22,23)/t13-/m0/s1. The Kier molecular flexibility index (Phi) is 5.41. The third-order valence-corrected chi connectivity index (χ3v) is 4.04. The minimum atomic E-state index is -0.599. The molecule has 3 rings (SSSR count). The zero-order valence-electron chi connectivity index (χ0n) is 14.9. The van der Waals surface area contributed by atoms with Gasteiger partial charge in [-0.15, -0.1) is 0 Å². The van der Waals surface area contributed by atoms with Gasteiger partial charge in [-0.05, 0) is 37.6 Å². The van der Waals surface area contributed by atoms with E-state index in [4.69, 9.17) is 9.15 Å². The number of furan rings is 1. The van der Waals surface area contributed by atoms with Crippen LogP contribution in [0, 0.1) is 0 Å². The van der Waals surface area contributed by atoms with Crippen molar-refractivity contribution in [2.45, 2.75) is 26.3 Å². The highest BCUT2D eigenvalue weighted by molar-refractivity contribution is 6.05. The topological polar surface area (TPSA) is 80.6 Å². The van der Waals surface area contributed by atoms with Gasteiger partial charge in [0.05, 0.1) is 0 Å². The molecule has 0 spiro atoms. The van der Waals surface area contributed by atoms with Gasteiger partial charge in [-0.3, -0.25) is 9.59 Å². The predicted octanol–water partition coefficient (Wildman–Crippen LogP) is 3.00. The minimum Gasteiger partial charge on any atom is -0.484 e. The lowest BCUT2D eigenvalue weighted by molar-refractivity contribution is -0.129. The molecule has 1 heterocycles. The molecule has 0 radical (unpaired) electrons. The summed E-state index contributed by atoms with van der Waals surface area (Å²) in [6.07, 6.45) is 0.848. The van der Waals surface area contributed by atoms with Gasteiger partial charge in [0, 0.05) is 17.3 Å². The second-order valence-corrected chi connectivity index (χ2v) is 6.13. The average Bonchev–Trinajstić information content (AvgIpc) is 3.02. The highest BCUT2D eigenvalue weighted by Crippen LogP contribution is 2.31. The first-order valence-electron chi connectivity index (χ1n) is 8.69. The van der Waals surface area contributed by atoms with Crippen LogP contribution in [0.2, 0.25) is 0 Å². The molecule has 3 aromatic rings. The van der Waals surface area contributed by atoms with E-state index in [1.165, 1.54) is 0 Å². The van der Waals surface area contributed by atoms with Crippen molar-refractivity contribution in [1.29, 1.82) is 0 Å². The molecule has 0 fully saturated rings. The van der Waals surface area contributed by atoms with E-state index < -0.39 is 6.04 Å². The zero-order chi connectivity index (χ0) is 18.5. The van der Waals surface area contributed by atoms with E-state index in [9.17, 15) is 9.59 Å². The Morgan fingerprint density at radius 3 is 2.69 bits per heavy atom. The number of amides is 2. The quantitative estimate of drug-likeness (QED) is 0.683. The van der Waals surface area contributed by atoms with Crippen molar-refractivity contribution in [3.8, 4) is 5.75 Å². The van der Waals surface area contributed by atoms with Crippen LogP contribution in [0.25, 0.3) is 21.9 Å². The van der Waals surface area contributed by atoms with Crippen LogP contribution in [-0.4, -0.2) is 31.0 Å². The molecule has 0 saturated carbocycles.